The summed E-state index contributed by atoms with van der Waals surface area (Å²) in [7, 11) is 3.03. The first-order valence-corrected chi connectivity index (χ1v) is 11.7. The molecule has 3 aromatic rings. The van der Waals surface area contributed by atoms with Crippen molar-refractivity contribution in [3.8, 4) is 23.0 Å². The maximum atomic E-state index is 9.88. The molecule has 2 heterocycles. The second-order valence-electron chi connectivity index (χ2n) is 8.16. The van der Waals surface area contributed by atoms with E-state index in [0.717, 1.165) is 36.3 Å². The van der Waals surface area contributed by atoms with E-state index < -0.39 is 0 Å². The Morgan fingerprint density at radius 1 is 0.971 bits per heavy atom. The van der Waals surface area contributed by atoms with Crippen molar-refractivity contribution in [2.75, 3.05) is 20.8 Å². The first-order valence-electron chi connectivity index (χ1n) is 11.3. The summed E-state index contributed by atoms with van der Waals surface area (Å²) in [5.41, 5.74) is 3.32. The van der Waals surface area contributed by atoms with Gasteiger partial charge in [-0.2, -0.15) is 0 Å². The number of phenols is 2. The summed E-state index contributed by atoms with van der Waals surface area (Å²) in [6.07, 6.45) is 9.82. The van der Waals surface area contributed by atoms with Crippen LogP contribution >= 0.6 is 12.2 Å². The van der Waals surface area contributed by atoms with Crippen molar-refractivity contribution in [1.82, 2.24) is 9.55 Å². The molecule has 2 aromatic carbocycles. The second kappa shape index (κ2) is 11.2. The fourth-order valence-electron chi connectivity index (χ4n) is 3.90. The lowest BCUT2D eigenvalue weighted by atomic mass is 10.1. The monoisotopic (exact) mass is 492 g/mol. The Bertz CT molecular complexity index is 1310. The lowest BCUT2D eigenvalue weighted by molar-refractivity contribution is 0.0961. The van der Waals surface area contributed by atoms with Gasteiger partial charge < -0.3 is 29.0 Å². The molecule has 0 spiro atoms. The molecule has 1 aromatic heterocycles. The molecule has 7 nitrogen and oxygen atoms in total. The van der Waals surface area contributed by atoms with Crippen molar-refractivity contribution in [2.24, 2.45) is 0 Å². The van der Waals surface area contributed by atoms with Crippen LogP contribution in [0.4, 0.5) is 0 Å². The van der Waals surface area contributed by atoms with Crippen LogP contribution in [0.2, 0.25) is 0 Å². The van der Waals surface area contributed by atoms with Crippen molar-refractivity contribution in [3.05, 3.63) is 69.8 Å². The van der Waals surface area contributed by atoms with Gasteiger partial charge in [0.15, 0.2) is 23.0 Å². The maximum absolute atomic E-state index is 9.88. The van der Waals surface area contributed by atoms with E-state index in [4.69, 9.17) is 26.4 Å². The molecule has 0 saturated carbocycles. The molecule has 8 heteroatoms. The molecule has 1 aliphatic heterocycles. The van der Waals surface area contributed by atoms with Crippen LogP contribution in [0, 0.1) is 4.77 Å². The normalized spacial score (nSPS) is 15.8. The summed E-state index contributed by atoms with van der Waals surface area (Å²) in [5, 5.41) is 19.7. The van der Waals surface area contributed by atoms with Gasteiger partial charge >= 0.3 is 0 Å². The van der Waals surface area contributed by atoms with Crippen LogP contribution < -0.4 is 9.47 Å². The van der Waals surface area contributed by atoms with E-state index in [0.29, 0.717) is 28.5 Å². The Morgan fingerprint density at radius 3 is 2.17 bits per heavy atom. The van der Waals surface area contributed by atoms with Crippen molar-refractivity contribution in [2.45, 2.75) is 25.5 Å². The number of nitrogens with zero attached hydrogens (tertiary/aromatic N) is 2. The van der Waals surface area contributed by atoms with E-state index in [1.165, 1.54) is 14.2 Å². The summed E-state index contributed by atoms with van der Waals surface area (Å²) in [6, 6.07) is 12.3. The quantitative estimate of drug-likeness (QED) is 0.398. The van der Waals surface area contributed by atoms with Gasteiger partial charge in [0.05, 0.1) is 32.6 Å². The zero-order valence-electron chi connectivity index (χ0n) is 19.7. The van der Waals surface area contributed by atoms with Crippen LogP contribution in [0.5, 0.6) is 23.0 Å². The highest BCUT2D eigenvalue weighted by molar-refractivity contribution is 7.71. The molecule has 0 aliphatic carbocycles. The largest absolute Gasteiger partial charge is 0.504 e. The molecular weight excluding hydrogens is 464 g/mol. The number of aromatic nitrogens is 2. The average Bonchev–Trinajstić information content (AvgIpc) is 3.38. The van der Waals surface area contributed by atoms with Gasteiger partial charge in [-0.05, 0) is 78.7 Å². The van der Waals surface area contributed by atoms with E-state index in [1.807, 2.05) is 41.0 Å². The van der Waals surface area contributed by atoms with E-state index in [-0.39, 0.29) is 17.6 Å². The number of phenolic OH excluding ortho intramolecular Hbond substituents is 2. The maximum Gasteiger partial charge on any atom is 0.200 e. The predicted molar refractivity (Wildman–Crippen MR) is 139 cm³/mol. The van der Waals surface area contributed by atoms with Gasteiger partial charge in [-0.15, -0.1) is 0 Å². The third-order valence-corrected chi connectivity index (χ3v) is 6.09. The minimum Gasteiger partial charge on any atom is -0.504 e. The van der Waals surface area contributed by atoms with Crippen LogP contribution in [0.15, 0.2) is 42.5 Å². The van der Waals surface area contributed by atoms with Crippen molar-refractivity contribution in [3.63, 3.8) is 0 Å². The third kappa shape index (κ3) is 6.09. The molecule has 35 heavy (non-hydrogen) atoms. The molecule has 0 radical (unpaired) electrons. The molecule has 2 N–H and O–H groups in total. The zero-order valence-corrected chi connectivity index (χ0v) is 20.5. The lowest BCUT2D eigenvalue weighted by Gasteiger charge is -2.16. The van der Waals surface area contributed by atoms with Crippen LogP contribution in [-0.2, 0) is 11.3 Å². The highest BCUT2D eigenvalue weighted by Gasteiger charge is 2.17. The van der Waals surface area contributed by atoms with Crippen molar-refractivity contribution >= 4 is 36.5 Å². The van der Waals surface area contributed by atoms with Gasteiger partial charge in [0.2, 0.25) is 4.77 Å². The van der Waals surface area contributed by atoms with E-state index >= 15 is 0 Å². The Morgan fingerprint density at radius 2 is 1.60 bits per heavy atom. The van der Waals surface area contributed by atoms with Gasteiger partial charge in [-0.25, -0.2) is 4.98 Å². The number of rotatable bonds is 8. The molecule has 4 rings (SSSR count). The first-order chi connectivity index (χ1) is 17.0. The average molecular weight is 493 g/mol. The molecule has 1 saturated heterocycles. The Balaban J connectivity index is 1.68. The van der Waals surface area contributed by atoms with Crippen LogP contribution in [-0.4, -0.2) is 46.7 Å². The van der Waals surface area contributed by atoms with Crippen LogP contribution in [0.25, 0.3) is 24.3 Å². The van der Waals surface area contributed by atoms with Gasteiger partial charge in [0.1, 0.15) is 0 Å². The summed E-state index contributed by atoms with van der Waals surface area (Å²) in [4.78, 5) is 4.61. The van der Waals surface area contributed by atoms with Gasteiger partial charge in [0, 0.05) is 12.3 Å². The lowest BCUT2D eigenvalue weighted by Crippen LogP contribution is -2.18. The number of methoxy groups -OCH3 is 2. The van der Waals surface area contributed by atoms with Gasteiger partial charge in [-0.3, -0.25) is 0 Å². The molecule has 182 valence electrons. The SMILES string of the molecule is COc1cc(/C=C/c2cc(/C=C/c3ccc(O)c(OC)c3)n(CC3CCCO3)c(=S)n2)ccc1O. The minimum atomic E-state index is 0.0868. The summed E-state index contributed by atoms with van der Waals surface area (Å²) >= 11 is 5.66. The zero-order chi connectivity index (χ0) is 24.8. The summed E-state index contributed by atoms with van der Waals surface area (Å²) in [5.74, 6) is 0.988. The topological polar surface area (TPSA) is 86.0 Å². The van der Waals surface area contributed by atoms with Crippen molar-refractivity contribution in [1.29, 1.82) is 0 Å². The van der Waals surface area contributed by atoms with E-state index in [1.54, 1.807) is 30.3 Å². The Kier molecular flexibility index (Phi) is 7.84. The molecule has 0 amide bonds. The highest BCUT2D eigenvalue weighted by Crippen LogP contribution is 2.28. The Hall–Kier alpha value is -3.62. The van der Waals surface area contributed by atoms with Crippen LogP contribution in [0.1, 0.15) is 35.4 Å². The number of benzene rings is 2. The molecule has 1 fully saturated rings. The molecule has 1 atom stereocenters. The predicted octanol–water partition coefficient (Wildman–Crippen LogP) is 5.56. The van der Waals surface area contributed by atoms with Crippen LogP contribution in [0.3, 0.4) is 0 Å². The van der Waals surface area contributed by atoms with Crippen molar-refractivity contribution < 1.29 is 24.4 Å². The standard InChI is InChI=1S/C27H28N2O5S/c1-32-25-14-18(7-11-23(25)30)5-9-20-16-21(10-6-19-8-12-24(31)26(15-19)33-2)29(27(35)28-20)17-22-4-3-13-34-22/h5-12,14-16,22,30-31H,3-4,13,17H2,1-2H3/b9-5+,10-6+. The second-order valence-corrected chi connectivity index (χ2v) is 8.53. The fraction of sp³-hybridized carbons (Fsp3) is 0.259. The molecular formula is C27H28N2O5S. The molecule has 1 aliphatic rings. The number of hydrogen-bond donors (Lipinski definition) is 2. The number of ether oxygens (including phenoxy) is 3. The highest BCUT2D eigenvalue weighted by atomic mass is 32.1. The minimum absolute atomic E-state index is 0.0868. The molecule has 1 unspecified atom stereocenters. The first kappa shape index (κ1) is 24.5. The van der Waals surface area contributed by atoms with E-state index in [9.17, 15) is 10.2 Å². The van der Waals surface area contributed by atoms with E-state index in [2.05, 4.69) is 4.98 Å². The fourth-order valence-corrected chi connectivity index (χ4v) is 4.19. The summed E-state index contributed by atoms with van der Waals surface area (Å²) < 4.78 is 18.7. The van der Waals surface area contributed by atoms with Gasteiger partial charge in [-0.1, -0.05) is 24.3 Å². The summed E-state index contributed by atoms with van der Waals surface area (Å²) in [6.45, 7) is 1.39. The molecule has 0 bridgehead atoms. The third-order valence-electron chi connectivity index (χ3n) is 5.77. The smallest absolute Gasteiger partial charge is 0.200 e. The number of hydrogen-bond acceptors (Lipinski definition) is 7. The number of aromatic hydroxyl groups is 2. The Labute approximate surface area is 209 Å². The van der Waals surface area contributed by atoms with Gasteiger partial charge in [0.25, 0.3) is 0 Å².